The third-order valence-electron chi connectivity index (χ3n) is 7.41. The van der Waals surface area contributed by atoms with E-state index in [-0.39, 0.29) is 12.5 Å². The van der Waals surface area contributed by atoms with E-state index in [1.165, 1.54) is 5.48 Å². The topological polar surface area (TPSA) is 141 Å². The number of pyridine rings is 1. The fourth-order valence-electron chi connectivity index (χ4n) is 4.97. The van der Waals surface area contributed by atoms with Crippen molar-refractivity contribution in [3.8, 4) is 11.1 Å². The van der Waals surface area contributed by atoms with Crippen molar-refractivity contribution in [3.05, 3.63) is 89.7 Å². The molecule has 42 heavy (non-hydrogen) atoms. The lowest BCUT2D eigenvalue weighted by Crippen LogP contribution is -2.56. The molecule has 2 aromatic carbocycles. The maximum Gasteiger partial charge on any atom is 0.272 e. The van der Waals surface area contributed by atoms with Gasteiger partial charge in [-0.05, 0) is 72.4 Å². The van der Waals surface area contributed by atoms with Crippen LogP contribution in [0.25, 0.3) is 11.1 Å². The molecule has 9 heteroatoms. The van der Waals surface area contributed by atoms with Crippen molar-refractivity contribution in [1.82, 2.24) is 21.1 Å². The van der Waals surface area contributed by atoms with Gasteiger partial charge in [0.15, 0.2) is 0 Å². The Morgan fingerprint density at radius 2 is 1.64 bits per heavy atom. The molecule has 0 radical (unpaired) electrons. The van der Waals surface area contributed by atoms with Crippen LogP contribution in [0.2, 0.25) is 0 Å². The molecular formula is C33H42N4O5. The number of amides is 3. The van der Waals surface area contributed by atoms with Crippen molar-refractivity contribution in [2.75, 3.05) is 0 Å². The second kappa shape index (κ2) is 14.7. The van der Waals surface area contributed by atoms with Gasteiger partial charge in [-0.15, -0.1) is 0 Å². The van der Waals surface area contributed by atoms with Crippen LogP contribution in [0, 0.1) is 18.3 Å². The van der Waals surface area contributed by atoms with E-state index in [0.29, 0.717) is 12.8 Å². The minimum absolute atomic E-state index is 0.157. The van der Waals surface area contributed by atoms with Crippen LogP contribution in [0.3, 0.4) is 0 Å². The maximum atomic E-state index is 13.5. The van der Waals surface area contributed by atoms with E-state index in [9.17, 15) is 19.5 Å². The van der Waals surface area contributed by atoms with E-state index in [1.54, 1.807) is 18.5 Å². The Bertz CT molecular complexity index is 1340. The molecule has 0 aliphatic heterocycles. The molecule has 0 aliphatic rings. The van der Waals surface area contributed by atoms with Crippen LogP contribution < -0.4 is 16.1 Å². The summed E-state index contributed by atoms with van der Waals surface area (Å²) in [5.41, 5.74) is 6.00. The number of nitrogens with one attached hydrogen (secondary N) is 3. The monoisotopic (exact) mass is 574 g/mol. The van der Waals surface area contributed by atoms with E-state index in [2.05, 4.69) is 39.9 Å². The summed E-state index contributed by atoms with van der Waals surface area (Å²) >= 11 is 0. The second-order valence-corrected chi connectivity index (χ2v) is 11.8. The Hall–Kier alpha value is -4.08. The minimum atomic E-state index is -1.80. The zero-order valence-electron chi connectivity index (χ0n) is 24.9. The van der Waals surface area contributed by atoms with E-state index >= 15 is 0 Å². The summed E-state index contributed by atoms with van der Waals surface area (Å²) in [7, 11) is 0. The summed E-state index contributed by atoms with van der Waals surface area (Å²) in [6.07, 6.45) is 2.76. The van der Waals surface area contributed by atoms with Crippen LogP contribution in [-0.4, -0.2) is 45.2 Å². The maximum absolute atomic E-state index is 13.5. The molecule has 5 N–H and O–H groups in total. The summed E-state index contributed by atoms with van der Waals surface area (Å²) < 4.78 is 0. The van der Waals surface area contributed by atoms with Gasteiger partial charge in [0.05, 0.1) is 12.0 Å². The van der Waals surface area contributed by atoms with Gasteiger partial charge in [-0.2, -0.15) is 0 Å². The summed E-state index contributed by atoms with van der Waals surface area (Å²) in [5.74, 6) is -3.32. The van der Waals surface area contributed by atoms with Gasteiger partial charge in [0, 0.05) is 12.4 Å². The molecule has 3 rings (SSSR count). The van der Waals surface area contributed by atoms with Crippen molar-refractivity contribution >= 4 is 17.7 Å². The van der Waals surface area contributed by atoms with Crippen molar-refractivity contribution in [3.63, 3.8) is 0 Å². The molecule has 9 nitrogen and oxygen atoms in total. The van der Waals surface area contributed by atoms with Gasteiger partial charge >= 0.3 is 0 Å². The number of hydroxylamine groups is 1. The molecule has 1 heterocycles. The molecule has 0 saturated carbocycles. The first-order valence-corrected chi connectivity index (χ1v) is 14.2. The highest BCUT2D eigenvalue weighted by Gasteiger charge is 2.38. The van der Waals surface area contributed by atoms with Gasteiger partial charge in [-0.25, -0.2) is 5.48 Å². The molecule has 3 amide bonds. The molecule has 1 aromatic heterocycles. The highest BCUT2D eigenvalue weighted by atomic mass is 16.5. The largest absolute Gasteiger partial charge is 0.382 e. The zero-order valence-corrected chi connectivity index (χ0v) is 24.9. The van der Waals surface area contributed by atoms with Crippen LogP contribution in [0.4, 0.5) is 0 Å². The first-order chi connectivity index (χ1) is 19.9. The highest BCUT2D eigenvalue weighted by Crippen LogP contribution is 2.26. The van der Waals surface area contributed by atoms with Crippen molar-refractivity contribution in [2.24, 2.45) is 11.3 Å². The molecule has 4 atom stereocenters. The summed E-state index contributed by atoms with van der Waals surface area (Å²) in [4.78, 5) is 43.1. The fourth-order valence-corrected chi connectivity index (χ4v) is 4.97. The van der Waals surface area contributed by atoms with Gasteiger partial charge in [0.2, 0.25) is 11.8 Å². The molecule has 0 bridgehead atoms. The fraction of sp³-hybridized carbons (Fsp3) is 0.394. The average molecular weight is 575 g/mol. The Labute approximate surface area is 247 Å². The quantitative estimate of drug-likeness (QED) is 0.162. The number of hydrogen-bond acceptors (Lipinski definition) is 6. The number of hydrogen-bond donors (Lipinski definition) is 5. The average Bonchev–Trinajstić information content (AvgIpc) is 2.97. The molecule has 0 aliphatic carbocycles. The van der Waals surface area contributed by atoms with Crippen molar-refractivity contribution in [1.29, 1.82) is 0 Å². The van der Waals surface area contributed by atoms with Crippen LogP contribution in [0.1, 0.15) is 63.3 Å². The predicted molar refractivity (Wildman–Crippen MR) is 161 cm³/mol. The number of aromatic nitrogens is 1. The smallest absolute Gasteiger partial charge is 0.272 e. The van der Waals surface area contributed by atoms with Crippen LogP contribution in [0.5, 0.6) is 0 Å². The number of rotatable bonds is 12. The highest BCUT2D eigenvalue weighted by molar-refractivity contribution is 5.92. The zero-order chi connectivity index (χ0) is 30.9. The van der Waals surface area contributed by atoms with Crippen LogP contribution in [0.15, 0.2) is 73.1 Å². The van der Waals surface area contributed by atoms with Gasteiger partial charge in [-0.1, -0.05) is 75.4 Å². The van der Waals surface area contributed by atoms with E-state index in [0.717, 1.165) is 27.8 Å². The number of aryl methyl sites for hydroxylation is 2. The number of benzene rings is 2. The van der Waals surface area contributed by atoms with Gasteiger partial charge in [0.25, 0.3) is 5.91 Å². The Balaban J connectivity index is 1.71. The van der Waals surface area contributed by atoms with E-state index < -0.39 is 41.2 Å². The molecule has 0 saturated heterocycles. The summed E-state index contributed by atoms with van der Waals surface area (Å²) in [6.45, 7) is 9.33. The predicted octanol–water partition coefficient (Wildman–Crippen LogP) is 4.27. The Kier molecular flexibility index (Phi) is 11.4. The standard InChI is InChI=1S/C33H42N4O5/c1-21-19-23(16-17-26(21)24-12-7-6-8-13-24)11-9-15-27(28(38)31(40)37-42)30(39)36-29(33(3,4)5)32(41)35-22(2)25-14-10-18-34-20-25/h6-8,10,12-14,16-20,22,27-29,38,42H,9,11,15H2,1-5H3,(H,35,41)(H,36,39)(H,37,40)/t22-,27-,28+,29-/m1/s1. The first-order valence-electron chi connectivity index (χ1n) is 14.2. The van der Waals surface area contributed by atoms with Crippen molar-refractivity contribution < 1.29 is 24.7 Å². The van der Waals surface area contributed by atoms with E-state index in [4.69, 9.17) is 5.21 Å². The van der Waals surface area contributed by atoms with E-state index in [1.807, 2.05) is 65.0 Å². The Morgan fingerprint density at radius 3 is 2.24 bits per heavy atom. The SMILES string of the molecule is Cc1cc(CCC[C@@H](C(=O)N[C@H](C(=O)N[C@H](C)c2cccnc2)C(C)(C)C)[C@H](O)C(=O)NO)ccc1-c1ccccc1. The third-order valence-corrected chi connectivity index (χ3v) is 7.41. The van der Waals surface area contributed by atoms with Gasteiger partial charge in [-0.3, -0.25) is 24.6 Å². The number of carbonyl (C=O) groups excluding carboxylic acids is 3. The molecule has 3 aromatic rings. The van der Waals surface area contributed by atoms with Crippen LogP contribution >= 0.6 is 0 Å². The van der Waals surface area contributed by atoms with Gasteiger partial charge in [0.1, 0.15) is 12.1 Å². The van der Waals surface area contributed by atoms with Gasteiger partial charge < -0.3 is 15.7 Å². The molecule has 0 spiro atoms. The molecule has 0 unspecified atom stereocenters. The Morgan fingerprint density at radius 1 is 0.929 bits per heavy atom. The number of aliphatic hydroxyl groups is 1. The lowest BCUT2D eigenvalue weighted by molar-refractivity contribution is -0.147. The number of carbonyl (C=O) groups is 3. The third kappa shape index (κ3) is 8.71. The molecule has 0 fully saturated rings. The van der Waals surface area contributed by atoms with Crippen molar-refractivity contribution in [2.45, 2.75) is 72.1 Å². The normalized spacial score (nSPS) is 14.3. The lowest BCUT2D eigenvalue weighted by Gasteiger charge is -2.33. The summed E-state index contributed by atoms with van der Waals surface area (Å²) in [6, 6.07) is 18.6. The lowest BCUT2D eigenvalue weighted by atomic mass is 9.84. The molecule has 224 valence electrons. The molecular weight excluding hydrogens is 532 g/mol. The minimum Gasteiger partial charge on any atom is -0.382 e. The number of aliphatic hydroxyl groups excluding tert-OH is 1. The summed E-state index contributed by atoms with van der Waals surface area (Å²) in [5, 5.41) is 25.5. The second-order valence-electron chi connectivity index (χ2n) is 11.8. The number of nitrogens with zero attached hydrogens (tertiary/aromatic N) is 1. The first kappa shape index (κ1) is 32.4. The van der Waals surface area contributed by atoms with Crippen LogP contribution in [-0.2, 0) is 20.8 Å².